The van der Waals surface area contributed by atoms with Crippen LogP contribution in [0.1, 0.15) is 17.2 Å². The quantitative estimate of drug-likeness (QED) is 0.327. The number of hydrogen-bond acceptors (Lipinski definition) is 4. The molecule has 1 aromatic heterocycles. The van der Waals surface area contributed by atoms with Gasteiger partial charge in [0.2, 0.25) is 0 Å². The minimum Gasteiger partial charge on any atom is -0.349 e. The zero-order valence-corrected chi connectivity index (χ0v) is 20.2. The SMILES string of the molecule is CN=C(NCc1nnc(C)n1C)N1CCN(Cc2cccc3ccccc23)CC1.I. The smallest absolute Gasteiger partial charge is 0.194 e. The molecule has 0 saturated carbocycles. The van der Waals surface area contributed by atoms with E-state index < -0.39 is 0 Å². The van der Waals surface area contributed by atoms with Gasteiger partial charge in [0.25, 0.3) is 0 Å². The second-order valence-electron chi connectivity index (χ2n) is 7.52. The molecule has 1 fully saturated rings. The number of aliphatic imine (C=N–C) groups is 1. The maximum Gasteiger partial charge on any atom is 0.194 e. The van der Waals surface area contributed by atoms with Crippen molar-refractivity contribution in [3.63, 3.8) is 0 Å². The van der Waals surface area contributed by atoms with Crippen molar-refractivity contribution in [2.24, 2.45) is 12.0 Å². The first-order valence-electron chi connectivity index (χ1n) is 10.1. The minimum absolute atomic E-state index is 0. The van der Waals surface area contributed by atoms with E-state index in [9.17, 15) is 0 Å². The molecule has 2 heterocycles. The molecule has 1 aliphatic heterocycles. The van der Waals surface area contributed by atoms with Gasteiger partial charge in [-0.3, -0.25) is 9.89 Å². The van der Waals surface area contributed by atoms with E-state index in [1.807, 2.05) is 25.6 Å². The summed E-state index contributed by atoms with van der Waals surface area (Å²) in [6, 6.07) is 15.2. The van der Waals surface area contributed by atoms with Gasteiger partial charge >= 0.3 is 0 Å². The van der Waals surface area contributed by atoms with Crippen LogP contribution in [0.5, 0.6) is 0 Å². The number of aryl methyl sites for hydroxylation is 1. The van der Waals surface area contributed by atoms with Gasteiger partial charge in [0.15, 0.2) is 11.8 Å². The van der Waals surface area contributed by atoms with Crippen molar-refractivity contribution in [2.75, 3.05) is 33.2 Å². The van der Waals surface area contributed by atoms with Gasteiger partial charge < -0.3 is 14.8 Å². The largest absolute Gasteiger partial charge is 0.349 e. The fourth-order valence-electron chi connectivity index (χ4n) is 3.88. The second-order valence-corrected chi connectivity index (χ2v) is 7.52. The Balaban J connectivity index is 0.00000256. The summed E-state index contributed by atoms with van der Waals surface area (Å²) in [4.78, 5) is 9.32. The molecular weight excluding hydrogens is 489 g/mol. The number of piperazine rings is 1. The summed E-state index contributed by atoms with van der Waals surface area (Å²) in [7, 11) is 3.83. The molecule has 1 saturated heterocycles. The Bertz CT molecular complexity index is 1000. The lowest BCUT2D eigenvalue weighted by Gasteiger charge is -2.36. The number of guanidine groups is 1. The summed E-state index contributed by atoms with van der Waals surface area (Å²) in [5.74, 6) is 2.76. The van der Waals surface area contributed by atoms with Crippen LogP contribution in [0, 0.1) is 6.92 Å². The highest BCUT2D eigenvalue weighted by atomic mass is 127. The first-order chi connectivity index (χ1) is 14.2. The highest BCUT2D eigenvalue weighted by Crippen LogP contribution is 2.20. The molecule has 0 radical (unpaired) electrons. The number of fused-ring (bicyclic) bond motifs is 1. The van der Waals surface area contributed by atoms with Crippen LogP contribution < -0.4 is 5.32 Å². The van der Waals surface area contributed by atoms with Gasteiger partial charge in [0, 0.05) is 46.8 Å². The monoisotopic (exact) mass is 519 g/mol. The Labute approximate surface area is 195 Å². The van der Waals surface area contributed by atoms with Crippen molar-refractivity contribution < 1.29 is 0 Å². The minimum atomic E-state index is 0. The normalized spacial score (nSPS) is 15.3. The predicted octanol–water partition coefficient (Wildman–Crippen LogP) is 2.79. The Kier molecular flexibility index (Phi) is 7.65. The molecule has 0 unspecified atom stereocenters. The summed E-state index contributed by atoms with van der Waals surface area (Å²) < 4.78 is 2.00. The van der Waals surface area contributed by atoms with Crippen molar-refractivity contribution in [3.8, 4) is 0 Å². The van der Waals surface area contributed by atoms with Crippen LogP contribution in [-0.4, -0.2) is 63.8 Å². The van der Waals surface area contributed by atoms with Gasteiger partial charge in [0.05, 0.1) is 6.54 Å². The van der Waals surface area contributed by atoms with Gasteiger partial charge in [-0.05, 0) is 23.3 Å². The molecule has 0 aliphatic carbocycles. The van der Waals surface area contributed by atoms with E-state index in [4.69, 9.17) is 0 Å². The highest BCUT2D eigenvalue weighted by molar-refractivity contribution is 14.0. The Morgan fingerprint density at radius 1 is 1.03 bits per heavy atom. The van der Waals surface area contributed by atoms with E-state index in [1.165, 1.54) is 16.3 Å². The van der Waals surface area contributed by atoms with Crippen LogP contribution in [0.25, 0.3) is 10.8 Å². The molecule has 1 N–H and O–H groups in total. The van der Waals surface area contributed by atoms with Crippen LogP contribution in [0.15, 0.2) is 47.5 Å². The summed E-state index contributed by atoms with van der Waals surface area (Å²) in [6.45, 7) is 7.53. The van der Waals surface area contributed by atoms with E-state index in [2.05, 4.69) is 72.8 Å². The molecular formula is C22H30IN7. The molecule has 1 aliphatic rings. The fraction of sp³-hybridized carbons (Fsp3) is 0.409. The number of aromatic nitrogens is 3. The first kappa shape index (κ1) is 22.5. The third-order valence-corrected chi connectivity index (χ3v) is 5.74. The lowest BCUT2D eigenvalue weighted by molar-refractivity contribution is 0.173. The lowest BCUT2D eigenvalue weighted by atomic mass is 10.0. The lowest BCUT2D eigenvalue weighted by Crippen LogP contribution is -2.52. The molecule has 0 bridgehead atoms. The summed E-state index contributed by atoms with van der Waals surface area (Å²) in [5.41, 5.74) is 1.40. The van der Waals surface area contributed by atoms with Crippen molar-refractivity contribution in [3.05, 3.63) is 59.7 Å². The van der Waals surface area contributed by atoms with Crippen molar-refractivity contribution in [1.82, 2.24) is 29.9 Å². The topological polar surface area (TPSA) is 61.6 Å². The molecule has 8 heteroatoms. The zero-order valence-electron chi connectivity index (χ0n) is 17.9. The first-order valence-corrected chi connectivity index (χ1v) is 10.1. The Morgan fingerprint density at radius 2 is 1.77 bits per heavy atom. The number of benzene rings is 2. The summed E-state index contributed by atoms with van der Waals surface area (Å²) >= 11 is 0. The van der Waals surface area contributed by atoms with Gasteiger partial charge in [-0.1, -0.05) is 42.5 Å². The highest BCUT2D eigenvalue weighted by Gasteiger charge is 2.20. The van der Waals surface area contributed by atoms with E-state index in [1.54, 1.807) is 0 Å². The van der Waals surface area contributed by atoms with E-state index in [0.29, 0.717) is 6.54 Å². The van der Waals surface area contributed by atoms with Gasteiger partial charge in [-0.25, -0.2) is 0 Å². The van der Waals surface area contributed by atoms with Crippen LogP contribution in [-0.2, 0) is 20.1 Å². The average Bonchev–Trinajstić information content (AvgIpc) is 3.08. The molecule has 30 heavy (non-hydrogen) atoms. The maximum atomic E-state index is 4.47. The molecule has 0 amide bonds. The molecule has 0 atom stereocenters. The number of halogens is 1. The molecule has 4 rings (SSSR count). The number of hydrogen-bond donors (Lipinski definition) is 1. The third-order valence-electron chi connectivity index (χ3n) is 5.74. The Morgan fingerprint density at radius 3 is 2.47 bits per heavy atom. The molecule has 3 aromatic rings. The van der Waals surface area contributed by atoms with Crippen LogP contribution in [0.4, 0.5) is 0 Å². The van der Waals surface area contributed by atoms with Crippen molar-refractivity contribution in [1.29, 1.82) is 0 Å². The Hall–Kier alpha value is -2.20. The molecule has 7 nitrogen and oxygen atoms in total. The maximum absolute atomic E-state index is 4.47. The predicted molar refractivity (Wildman–Crippen MR) is 132 cm³/mol. The van der Waals surface area contributed by atoms with Gasteiger partial charge in [0.1, 0.15) is 5.82 Å². The molecule has 0 spiro atoms. The fourth-order valence-corrected chi connectivity index (χ4v) is 3.88. The van der Waals surface area contributed by atoms with Crippen LogP contribution in [0.3, 0.4) is 0 Å². The summed E-state index contributed by atoms with van der Waals surface area (Å²) in [5, 5.41) is 14.4. The zero-order chi connectivity index (χ0) is 20.2. The third kappa shape index (κ3) is 4.92. The van der Waals surface area contributed by atoms with Gasteiger partial charge in [-0.2, -0.15) is 0 Å². The van der Waals surface area contributed by atoms with E-state index in [0.717, 1.165) is 50.3 Å². The van der Waals surface area contributed by atoms with Crippen molar-refractivity contribution in [2.45, 2.75) is 20.0 Å². The average molecular weight is 519 g/mol. The molecule has 160 valence electrons. The number of rotatable bonds is 4. The van der Waals surface area contributed by atoms with E-state index >= 15 is 0 Å². The molecule has 2 aromatic carbocycles. The van der Waals surface area contributed by atoms with Gasteiger partial charge in [-0.15, -0.1) is 34.2 Å². The van der Waals surface area contributed by atoms with E-state index in [-0.39, 0.29) is 24.0 Å². The number of nitrogens with one attached hydrogen (secondary N) is 1. The number of nitrogens with zero attached hydrogens (tertiary/aromatic N) is 6. The van der Waals surface area contributed by atoms with Crippen molar-refractivity contribution >= 4 is 40.7 Å². The standard InChI is InChI=1S/C22H29N7.HI/c1-17-25-26-21(27(17)3)15-24-22(23-2)29-13-11-28(12-14-29)16-19-9-6-8-18-7-4-5-10-20(18)19;/h4-10H,11-16H2,1-3H3,(H,23,24);1H. The summed E-state index contributed by atoms with van der Waals surface area (Å²) in [6.07, 6.45) is 0. The van der Waals surface area contributed by atoms with Crippen LogP contribution in [0.2, 0.25) is 0 Å². The van der Waals surface area contributed by atoms with Crippen LogP contribution >= 0.6 is 24.0 Å². The second kappa shape index (κ2) is 10.2.